The van der Waals surface area contributed by atoms with Gasteiger partial charge < -0.3 is 9.80 Å². The summed E-state index contributed by atoms with van der Waals surface area (Å²) in [6.07, 6.45) is 22.1. The van der Waals surface area contributed by atoms with Crippen molar-refractivity contribution in [3.8, 4) is 33.4 Å². The summed E-state index contributed by atoms with van der Waals surface area (Å²) in [6, 6.07) is 64.8. The standard InChI is InChI=1S/C63H56N2/c1-7-10-14-24-48(4)52-36-42-58(43-37-52)65(56-28-18-13-19-29-56)59-46-40-55(41-47-59)61-31-21-23-33-63(61)62-32-22-20-30-60(62)54-38-44-57(45-39-54)64(49(5)25-15-11-8-2)50(6)34-35-51(9-3)53-26-16-12-17-27-53/h7-47H,1,3,5H2,2,4,6H3/b11-8-,14-10-,25-15-,48-24+,50-34+,51-35+. The van der Waals surface area contributed by atoms with Crippen molar-refractivity contribution in [2.24, 2.45) is 0 Å². The minimum Gasteiger partial charge on any atom is -0.315 e. The molecule has 0 bridgehead atoms. The third-order valence-corrected chi connectivity index (χ3v) is 11.3. The van der Waals surface area contributed by atoms with Crippen LogP contribution in [-0.4, -0.2) is 0 Å². The summed E-state index contributed by atoms with van der Waals surface area (Å²) < 4.78 is 0. The van der Waals surface area contributed by atoms with Crippen LogP contribution in [0.2, 0.25) is 0 Å². The summed E-state index contributed by atoms with van der Waals surface area (Å²) in [7, 11) is 0. The highest BCUT2D eigenvalue weighted by molar-refractivity contribution is 5.92. The molecule has 0 heterocycles. The van der Waals surface area contributed by atoms with Crippen molar-refractivity contribution < 1.29 is 0 Å². The molecule has 2 nitrogen and oxygen atoms in total. The Morgan fingerprint density at radius 3 is 1.48 bits per heavy atom. The van der Waals surface area contributed by atoms with Gasteiger partial charge in [0.05, 0.1) is 0 Å². The summed E-state index contributed by atoms with van der Waals surface area (Å²) in [5.74, 6) is 0. The Labute approximate surface area is 387 Å². The van der Waals surface area contributed by atoms with E-state index >= 15 is 0 Å². The minimum atomic E-state index is 0.860. The number of anilines is 4. The summed E-state index contributed by atoms with van der Waals surface area (Å²) in [4.78, 5) is 4.50. The Kier molecular flexibility index (Phi) is 15.3. The van der Waals surface area contributed by atoms with Gasteiger partial charge in [-0.15, -0.1) is 0 Å². The first-order valence-electron chi connectivity index (χ1n) is 22.1. The molecule has 7 aromatic carbocycles. The van der Waals surface area contributed by atoms with Crippen LogP contribution in [0, 0.1) is 0 Å². The molecule has 0 atom stereocenters. The number of rotatable bonds is 17. The third kappa shape index (κ3) is 11.1. The van der Waals surface area contributed by atoms with Crippen LogP contribution in [-0.2, 0) is 0 Å². The van der Waals surface area contributed by atoms with Crippen molar-refractivity contribution in [1.29, 1.82) is 0 Å². The highest BCUT2D eigenvalue weighted by atomic mass is 15.1. The summed E-state index contributed by atoms with van der Waals surface area (Å²) in [5.41, 5.74) is 17.7. The van der Waals surface area contributed by atoms with Crippen LogP contribution in [0.3, 0.4) is 0 Å². The molecule has 0 amide bonds. The number of benzene rings is 7. The largest absolute Gasteiger partial charge is 0.315 e. The Morgan fingerprint density at radius 1 is 0.446 bits per heavy atom. The zero-order chi connectivity index (χ0) is 45.4. The molecule has 318 valence electrons. The molecule has 0 unspecified atom stereocenters. The highest BCUT2D eigenvalue weighted by Gasteiger charge is 2.17. The zero-order valence-corrected chi connectivity index (χ0v) is 37.7. The number of hydrogen-bond donors (Lipinski definition) is 0. The van der Waals surface area contributed by atoms with Crippen LogP contribution in [0.4, 0.5) is 22.7 Å². The molecule has 7 aromatic rings. The first kappa shape index (κ1) is 44.8. The normalized spacial score (nSPS) is 12.2. The number of hydrogen-bond acceptors (Lipinski definition) is 2. The van der Waals surface area contributed by atoms with Crippen LogP contribution in [0.15, 0.2) is 280 Å². The lowest BCUT2D eigenvalue weighted by Crippen LogP contribution is -2.18. The molecule has 0 radical (unpaired) electrons. The van der Waals surface area contributed by atoms with E-state index in [1.165, 1.54) is 27.8 Å². The molecule has 0 aliphatic heterocycles. The van der Waals surface area contributed by atoms with Crippen LogP contribution in [0.1, 0.15) is 31.9 Å². The average molecular weight is 841 g/mol. The monoisotopic (exact) mass is 840 g/mol. The maximum absolute atomic E-state index is 4.48. The van der Waals surface area contributed by atoms with Gasteiger partial charge in [-0.05, 0) is 137 Å². The van der Waals surface area contributed by atoms with E-state index < -0.39 is 0 Å². The fraction of sp³-hybridized carbons (Fsp3) is 0.0476. The van der Waals surface area contributed by atoms with E-state index in [2.05, 4.69) is 225 Å². The Morgan fingerprint density at radius 2 is 0.938 bits per heavy atom. The topological polar surface area (TPSA) is 6.48 Å². The molecule has 2 heteroatoms. The van der Waals surface area contributed by atoms with E-state index in [1.54, 1.807) is 6.08 Å². The molecule has 0 N–H and O–H groups in total. The van der Waals surface area contributed by atoms with Gasteiger partial charge in [0.2, 0.25) is 0 Å². The van der Waals surface area contributed by atoms with Gasteiger partial charge in [-0.2, -0.15) is 0 Å². The third-order valence-electron chi connectivity index (χ3n) is 11.3. The average Bonchev–Trinajstić information content (AvgIpc) is 3.36. The predicted molar refractivity (Wildman–Crippen MR) is 284 cm³/mol. The lowest BCUT2D eigenvalue weighted by molar-refractivity contribution is 1.10. The van der Waals surface area contributed by atoms with Crippen molar-refractivity contribution in [2.75, 3.05) is 9.80 Å². The van der Waals surface area contributed by atoms with E-state index in [0.29, 0.717) is 0 Å². The van der Waals surface area contributed by atoms with Crippen molar-refractivity contribution in [1.82, 2.24) is 0 Å². The SMILES string of the molecule is C=C/C=C\C=C(/C)c1ccc(N(c2ccccc2)c2ccc(-c3ccccc3-c3ccccc3-c3ccc(N(C(=C)/C=C\C=C/C)/C(C)=C/C=C(\C=C)c4ccccc4)cc3)cc2)cc1. The fourth-order valence-electron chi connectivity index (χ4n) is 7.94. The van der Waals surface area contributed by atoms with Crippen LogP contribution < -0.4 is 9.80 Å². The van der Waals surface area contributed by atoms with E-state index in [-0.39, 0.29) is 0 Å². The maximum Gasteiger partial charge on any atom is 0.0462 e. The summed E-state index contributed by atoms with van der Waals surface area (Å²) in [5, 5.41) is 0. The van der Waals surface area contributed by atoms with Gasteiger partial charge in [0, 0.05) is 34.1 Å². The van der Waals surface area contributed by atoms with Gasteiger partial charge in [-0.1, -0.05) is 208 Å². The second-order valence-corrected chi connectivity index (χ2v) is 15.6. The smallest absolute Gasteiger partial charge is 0.0462 e. The van der Waals surface area contributed by atoms with Crippen molar-refractivity contribution in [2.45, 2.75) is 20.8 Å². The molecule has 0 aliphatic carbocycles. The summed E-state index contributed by atoms with van der Waals surface area (Å²) in [6.45, 7) is 18.6. The first-order valence-corrected chi connectivity index (χ1v) is 22.1. The molecule has 65 heavy (non-hydrogen) atoms. The van der Waals surface area contributed by atoms with Crippen LogP contribution in [0.5, 0.6) is 0 Å². The number of nitrogens with zero attached hydrogens (tertiary/aromatic N) is 2. The van der Waals surface area contributed by atoms with E-state index in [4.69, 9.17) is 0 Å². The Hall–Kier alpha value is -8.20. The molecular weight excluding hydrogens is 785 g/mol. The van der Waals surface area contributed by atoms with Gasteiger partial charge >= 0.3 is 0 Å². The van der Waals surface area contributed by atoms with E-state index in [1.807, 2.05) is 67.7 Å². The Bertz CT molecular complexity index is 2900. The maximum atomic E-state index is 4.48. The van der Waals surface area contributed by atoms with Gasteiger partial charge in [-0.25, -0.2) is 0 Å². The molecule has 7 rings (SSSR count). The van der Waals surface area contributed by atoms with E-state index in [0.717, 1.165) is 62.0 Å². The zero-order valence-electron chi connectivity index (χ0n) is 37.7. The Balaban J connectivity index is 1.20. The quantitative estimate of drug-likeness (QED) is 0.0843. The first-order chi connectivity index (χ1) is 31.9. The number of para-hydroxylation sites is 1. The van der Waals surface area contributed by atoms with Gasteiger partial charge in [-0.3, -0.25) is 0 Å². The van der Waals surface area contributed by atoms with Crippen LogP contribution in [0.25, 0.3) is 44.5 Å². The minimum absolute atomic E-state index is 0.860. The molecule has 0 aromatic heterocycles. The second-order valence-electron chi connectivity index (χ2n) is 15.6. The molecule has 0 saturated heterocycles. The lowest BCUT2D eigenvalue weighted by Gasteiger charge is -2.26. The molecule has 0 spiro atoms. The molecular formula is C63H56N2. The fourth-order valence-corrected chi connectivity index (χ4v) is 7.94. The van der Waals surface area contributed by atoms with Gasteiger partial charge in [0.1, 0.15) is 0 Å². The van der Waals surface area contributed by atoms with Gasteiger partial charge in [0.25, 0.3) is 0 Å². The summed E-state index contributed by atoms with van der Waals surface area (Å²) >= 11 is 0. The molecule has 0 saturated carbocycles. The van der Waals surface area contributed by atoms with Gasteiger partial charge in [0.15, 0.2) is 0 Å². The highest BCUT2D eigenvalue weighted by Crippen LogP contribution is 2.41. The second kappa shape index (κ2) is 22.2. The number of allylic oxidation sites excluding steroid dienone is 14. The van der Waals surface area contributed by atoms with Crippen molar-refractivity contribution in [3.05, 3.63) is 291 Å². The lowest BCUT2D eigenvalue weighted by atomic mass is 9.89. The predicted octanol–water partition coefficient (Wildman–Crippen LogP) is 17.9. The van der Waals surface area contributed by atoms with Crippen LogP contribution >= 0.6 is 0 Å². The molecule has 0 fully saturated rings. The van der Waals surface area contributed by atoms with Crippen molar-refractivity contribution >= 4 is 33.9 Å². The van der Waals surface area contributed by atoms with E-state index in [9.17, 15) is 0 Å². The van der Waals surface area contributed by atoms with Crippen molar-refractivity contribution in [3.63, 3.8) is 0 Å². The molecule has 0 aliphatic rings.